The highest BCUT2D eigenvalue weighted by molar-refractivity contribution is 9.10. The van der Waals surface area contributed by atoms with Gasteiger partial charge in [-0.15, -0.1) is 0 Å². The van der Waals surface area contributed by atoms with Gasteiger partial charge in [-0.25, -0.2) is 9.78 Å². The van der Waals surface area contributed by atoms with Crippen molar-refractivity contribution in [1.29, 1.82) is 0 Å². The van der Waals surface area contributed by atoms with Gasteiger partial charge >= 0.3 is 6.09 Å². The van der Waals surface area contributed by atoms with Crippen LogP contribution in [0, 0.1) is 6.92 Å². The third-order valence-electron chi connectivity index (χ3n) is 1.89. The van der Waals surface area contributed by atoms with Crippen LogP contribution in [0.15, 0.2) is 16.7 Å². The van der Waals surface area contributed by atoms with E-state index >= 15 is 0 Å². The van der Waals surface area contributed by atoms with E-state index in [1.54, 1.807) is 0 Å². The Balaban J connectivity index is 2.53. The van der Waals surface area contributed by atoms with E-state index in [0.717, 1.165) is 15.9 Å². The monoisotopic (exact) mass is 300 g/mol. The normalized spacial score (nSPS) is 11.1. The highest BCUT2D eigenvalue weighted by Crippen LogP contribution is 2.14. The van der Waals surface area contributed by atoms with E-state index in [1.807, 2.05) is 39.8 Å². The maximum atomic E-state index is 11.4. The molecule has 1 rings (SSSR count). The van der Waals surface area contributed by atoms with E-state index in [-0.39, 0.29) is 0 Å². The van der Waals surface area contributed by atoms with Crippen molar-refractivity contribution in [3.8, 4) is 0 Å². The smallest absolute Gasteiger partial charge is 0.407 e. The predicted octanol–water partition coefficient (Wildman–Crippen LogP) is 3.18. The van der Waals surface area contributed by atoms with E-state index < -0.39 is 11.7 Å². The van der Waals surface area contributed by atoms with Crippen LogP contribution >= 0.6 is 15.9 Å². The molecule has 0 spiro atoms. The molecular formula is C12H17BrN2O2. The Bertz CT molecular complexity index is 413. The third kappa shape index (κ3) is 5.17. The Labute approximate surface area is 110 Å². The number of carbonyl (C=O) groups is 1. The molecule has 1 heterocycles. The highest BCUT2D eigenvalue weighted by Gasteiger charge is 2.16. The van der Waals surface area contributed by atoms with Crippen LogP contribution in [0.4, 0.5) is 4.79 Å². The molecule has 0 aromatic carbocycles. The Morgan fingerprint density at radius 3 is 2.65 bits per heavy atom. The molecule has 0 aliphatic rings. The summed E-state index contributed by atoms with van der Waals surface area (Å²) in [5, 5.41) is 2.68. The number of rotatable bonds is 2. The molecule has 17 heavy (non-hydrogen) atoms. The number of nitrogens with zero attached hydrogens (tertiary/aromatic N) is 1. The predicted molar refractivity (Wildman–Crippen MR) is 69.7 cm³/mol. The molecule has 0 saturated heterocycles. The van der Waals surface area contributed by atoms with Crippen LogP contribution in [0.25, 0.3) is 0 Å². The molecule has 94 valence electrons. The summed E-state index contributed by atoms with van der Waals surface area (Å²) in [7, 11) is 0. The van der Waals surface area contributed by atoms with Crippen molar-refractivity contribution in [3.63, 3.8) is 0 Å². The molecule has 0 unspecified atom stereocenters. The van der Waals surface area contributed by atoms with Gasteiger partial charge in [-0.05, 0) is 49.7 Å². The lowest BCUT2D eigenvalue weighted by Gasteiger charge is -2.19. The van der Waals surface area contributed by atoms with Gasteiger partial charge in [-0.3, -0.25) is 0 Å². The molecule has 4 nitrogen and oxygen atoms in total. The number of amides is 1. The highest BCUT2D eigenvalue weighted by atomic mass is 79.9. The minimum atomic E-state index is -0.479. The van der Waals surface area contributed by atoms with Gasteiger partial charge in [0.25, 0.3) is 0 Å². The van der Waals surface area contributed by atoms with Crippen molar-refractivity contribution >= 4 is 22.0 Å². The lowest BCUT2D eigenvalue weighted by molar-refractivity contribution is 0.0523. The molecule has 1 aromatic heterocycles. The average molecular weight is 301 g/mol. The lowest BCUT2D eigenvalue weighted by atomic mass is 10.2. The van der Waals surface area contributed by atoms with Crippen LogP contribution in [0.5, 0.6) is 0 Å². The van der Waals surface area contributed by atoms with E-state index in [4.69, 9.17) is 4.74 Å². The van der Waals surface area contributed by atoms with Gasteiger partial charge in [0, 0.05) is 17.8 Å². The van der Waals surface area contributed by atoms with E-state index in [9.17, 15) is 4.79 Å². The molecule has 0 radical (unpaired) electrons. The van der Waals surface area contributed by atoms with Gasteiger partial charge in [0.2, 0.25) is 0 Å². The van der Waals surface area contributed by atoms with Crippen molar-refractivity contribution in [3.05, 3.63) is 28.0 Å². The summed E-state index contributed by atoms with van der Waals surface area (Å²) in [6, 6.07) is 3.82. The lowest BCUT2D eigenvalue weighted by Crippen LogP contribution is -2.32. The van der Waals surface area contributed by atoms with Gasteiger partial charge in [0.15, 0.2) is 0 Å². The number of ether oxygens (including phenoxy) is 1. The number of alkyl carbamates (subject to hydrolysis) is 1. The Morgan fingerprint density at radius 2 is 2.12 bits per heavy atom. The number of halogens is 1. The van der Waals surface area contributed by atoms with E-state index in [0.29, 0.717) is 6.54 Å². The zero-order chi connectivity index (χ0) is 13.1. The number of aryl methyl sites for hydroxylation is 1. The summed E-state index contributed by atoms with van der Waals surface area (Å²) < 4.78 is 5.88. The quantitative estimate of drug-likeness (QED) is 0.854. The second kappa shape index (κ2) is 5.49. The van der Waals surface area contributed by atoms with Crippen molar-refractivity contribution in [2.45, 2.75) is 39.8 Å². The van der Waals surface area contributed by atoms with Crippen LogP contribution in [0.1, 0.15) is 32.0 Å². The van der Waals surface area contributed by atoms with Crippen LogP contribution in [0.2, 0.25) is 0 Å². The largest absolute Gasteiger partial charge is 0.444 e. The molecule has 5 heteroatoms. The molecular weight excluding hydrogens is 284 g/mol. The Hall–Kier alpha value is -1.10. The Morgan fingerprint density at radius 1 is 1.47 bits per heavy atom. The second-order valence-electron chi connectivity index (χ2n) is 4.76. The summed E-state index contributed by atoms with van der Waals surface area (Å²) in [4.78, 5) is 15.7. The maximum Gasteiger partial charge on any atom is 0.407 e. The first kappa shape index (κ1) is 14.0. The van der Waals surface area contributed by atoms with Crippen LogP contribution in [0.3, 0.4) is 0 Å². The summed E-state index contributed by atoms with van der Waals surface area (Å²) in [5.74, 6) is 0. The first-order chi connectivity index (χ1) is 7.78. The minimum absolute atomic E-state index is 0.392. The topological polar surface area (TPSA) is 51.2 Å². The van der Waals surface area contributed by atoms with E-state index in [2.05, 4.69) is 26.2 Å². The zero-order valence-corrected chi connectivity index (χ0v) is 12.1. The molecule has 1 aromatic rings. The van der Waals surface area contributed by atoms with Gasteiger partial charge < -0.3 is 10.1 Å². The molecule has 1 N–H and O–H groups in total. The fourth-order valence-corrected chi connectivity index (χ4v) is 1.72. The molecule has 0 bridgehead atoms. The van der Waals surface area contributed by atoms with Gasteiger partial charge in [-0.1, -0.05) is 6.07 Å². The number of carbonyl (C=O) groups excluding carboxylic acids is 1. The number of hydrogen-bond acceptors (Lipinski definition) is 3. The summed E-state index contributed by atoms with van der Waals surface area (Å²) in [6.45, 7) is 7.79. The molecule has 1 amide bonds. The zero-order valence-electron chi connectivity index (χ0n) is 10.5. The van der Waals surface area contributed by atoms with Crippen molar-refractivity contribution < 1.29 is 9.53 Å². The van der Waals surface area contributed by atoms with Crippen LogP contribution in [-0.2, 0) is 11.3 Å². The fourth-order valence-electron chi connectivity index (χ4n) is 1.17. The summed E-state index contributed by atoms with van der Waals surface area (Å²) in [6.07, 6.45) is -0.426. The number of hydrogen-bond donors (Lipinski definition) is 1. The Kier molecular flexibility index (Phi) is 4.51. The van der Waals surface area contributed by atoms with Crippen molar-refractivity contribution in [2.75, 3.05) is 0 Å². The minimum Gasteiger partial charge on any atom is -0.444 e. The molecule has 0 atom stereocenters. The molecule has 0 aliphatic carbocycles. The first-order valence-corrected chi connectivity index (χ1v) is 6.16. The molecule has 0 fully saturated rings. The van der Waals surface area contributed by atoms with Crippen LogP contribution in [-0.4, -0.2) is 16.7 Å². The maximum absolute atomic E-state index is 11.4. The van der Waals surface area contributed by atoms with Crippen molar-refractivity contribution in [2.24, 2.45) is 0 Å². The number of nitrogens with one attached hydrogen (secondary N) is 1. The van der Waals surface area contributed by atoms with Gasteiger partial charge in [0.1, 0.15) is 10.2 Å². The SMILES string of the molecule is Cc1ccc(CNC(=O)OC(C)(C)C)c(Br)n1. The van der Waals surface area contributed by atoms with Gasteiger partial charge in [-0.2, -0.15) is 0 Å². The summed E-state index contributed by atoms with van der Waals surface area (Å²) in [5.41, 5.74) is 1.37. The standard InChI is InChI=1S/C12H17BrN2O2/c1-8-5-6-9(10(13)15-8)7-14-11(16)17-12(2,3)4/h5-6H,7H2,1-4H3,(H,14,16). The molecule has 0 saturated carbocycles. The first-order valence-electron chi connectivity index (χ1n) is 5.37. The summed E-state index contributed by atoms with van der Waals surface area (Å²) >= 11 is 3.36. The van der Waals surface area contributed by atoms with Crippen LogP contribution < -0.4 is 5.32 Å². The van der Waals surface area contributed by atoms with Gasteiger partial charge in [0.05, 0.1) is 0 Å². The fraction of sp³-hybridized carbons (Fsp3) is 0.500. The van der Waals surface area contributed by atoms with Crippen molar-refractivity contribution in [1.82, 2.24) is 10.3 Å². The average Bonchev–Trinajstić information content (AvgIpc) is 2.13. The second-order valence-corrected chi connectivity index (χ2v) is 5.51. The molecule has 0 aliphatic heterocycles. The number of aromatic nitrogens is 1. The number of pyridine rings is 1. The van der Waals surface area contributed by atoms with E-state index in [1.165, 1.54) is 0 Å². The third-order valence-corrected chi connectivity index (χ3v) is 2.57.